The van der Waals surface area contributed by atoms with Gasteiger partial charge in [-0.1, -0.05) is 54.1 Å². The van der Waals surface area contributed by atoms with E-state index >= 15 is 0 Å². The van der Waals surface area contributed by atoms with Gasteiger partial charge in [0.15, 0.2) is 0 Å². The molecule has 2 N–H and O–H groups in total. The minimum atomic E-state index is -0.615. The van der Waals surface area contributed by atoms with Crippen molar-refractivity contribution in [2.24, 2.45) is 0 Å². The van der Waals surface area contributed by atoms with Gasteiger partial charge in [0.1, 0.15) is 5.56 Å². The van der Waals surface area contributed by atoms with Crippen molar-refractivity contribution in [2.75, 3.05) is 0 Å². The summed E-state index contributed by atoms with van der Waals surface area (Å²) in [5.74, 6) is -0.976. The third-order valence-electron chi connectivity index (χ3n) is 4.73. The van der Waals surface area contributed by atoms with Gasteiger partial charge in [0.25, 0.3) is 11.5 Å². The Bertz CT molecular complexity index is 1120. The Hall–Kier alpha value is -3.67. The number of rotatable bonds is 7. The molecule has 1 atom stereocenters. The summed E-state index contributed by atoms with van der Waals surface area (Å²) in [6, 6.07) is 19.5. The first-order valence-corrected chi connectivity index (χ1v) is 10.2. The Labute approximate surface area is 181 Å². The number of aromatic amines is 1. The Morgan fingerprint density at radius 1 is 1.00 bits per heavy atom. The second-order valence-electron chi connectivity index (χ2n) is 7.66. The van der Waals surface area contributed by atoms with Crippen LogP contribution in [0.5, 0.6) is 0 Å². The summed E-state index contributed by atoms with van der Waals surface area (Å²) in [6.45, 7) is 5.50. The van der Waals surface area contributed by atoms with Crippen molar-refractivity contribution in [3.63, 3.8) is 0 Å². The first-order valence-electron chi connectivity index (χ1n) is 10.2. The first kappa shape index (κ1) is 22.0. The van der Waals surface area contributed by atoms with Crippen LogP contribution in [0.25, 0.3) is 11.3 Å². The molecule has 3 rings (SSSR count). The lowest BCUT2D eigenvalue weighted by atomic mass is 10.0. The lowest BCUT2D eigenvalue weighted by molar-refractivity contribution is -0.147. The molecular weight excluding hydrogens is 392 g/mol. The number of carbonyl (C=O) groups is 2. The first-order chi connectivity index (χ1) is 14.8. The molecule has 0 aliphatic heterocycles. The lowest BCUT2D eigenvalue weighted by Crippen LogP contribution is -2.34. The van der Waals surface area contributed by atoms with Crippen LogP contribution >= 0.6 is 0 Å². The summed E-state index contributed by atoms with van der Waals surface area (Å²) in [4.78, 5) is 40.5. The summed E-state index contributed by atoms with van der Waals surface area (Å²) in [5.41, 5.74) is 2.80. The van der Waals surface area contributed by atoms with Crippen molar-refractivity contribution in [3.05, 3.63) is 93.8 Å². The van der Waals surface area contributed by atoms with Crippen LogP contribution in [0, 0.1) is 6.92 Å². The van der Waals surface area contributed by atoms with Crippen molar-refractivity contribution in [3.8, 4) is 11.3 Å². The summed E-state index contributed by atoms with van der Waals surface area (Å²) < 4.78 is 5.23. The number of hydrogen-bond donors (Lipinski definition) is 2. The van der Waals surface area contributed by atoms with Gasteiger partial charge in [-0.15, -0.1) is 0 Å². The topological polar surface area (TPSA) is 88.3 Å². The highest BCUT2D eigenvalue weighted by Crippen LogP contribution is 2.20. The molecule has 0 fully saturated rings. The second kappa shape index (κ2) is 9.89. The summed E-state index contributed by atoms with van der Waals surface area (Å²) >= 11 is 0. The number of nitrogens with one attached hydrogen (secondary N) is 2. The predicted octanol–water partition coefficient (Wildman–Crippen LogP) is 4.16. The molecule has 0 spiro atoms. The van der Waals surface area contributed by atoms with Gasteiger partial charge in [0.05, 0.1) is 18.6 Å². The van der Waals surface area contributed by atoms with E-state index in [1.165, 1.54) is 6.07 Å². The summed E-state index contributed by atoms with van der Waals surface area (Å²) in [5, 5.41) is 2.80. The quantitative estimate of drug-likeness (QED) is 0.564. The number of pyridine rings is 1. The molecule has 3 aromatic rings. The average molecular weight is 418 g/mol. The van der Waals surface area contributed by atoms with Crippen LogP contribution in [0.1, 0.15) is 47.8 Å². The molecule has 0 aliphatic rings. The molecule has 0 bridgehead atoms. The van der Waals surface area contributed by atoms with Crippen LogP contribution in [0.3, 0.4) is 0 Å². The Morgan fingerprint density at radius 3 is 2.39 bits per heavy atom. The molecule has 1 aromatic heterocycles. The molecule has 1 unspecified atom stereocenters. The van der Waals surface area contributed by atoms with E-state index in [0.29, 0.717) is 5.69 Å². The largest absolute Gasteiger partial charge is 0.463 e. The van der Waals surface area contributed by atoms with E-state index in [9.17, 15) is 14.4 Å². The highest BCUT2D eigenvalue weighted by molar-refractivity contribution is 5.94. The minimum absolute atomic E-state index is 0.0189. The molecule has 6 nitrogen and oxygen atoms in total. The van der Waals surface area contributed by atoms with Crippen LogP contribution in [0.15, 0.2) is 71.5 Å². The number of aromatic nitrogens is 1. The Balaban J connectivity index is 1.82. The van der Waals surface area contributed by atoms with Crippen molar-refractivity contribution in [2.45, 2.75) is 39.3 Å². The van der Waals surface area contributed by atoms with Gasteiger partial charge >= 0.3 is 5.97 Å². The van der Waals surface area contributed by atoms with Gasteiger partial charge in [0.2, 0.25) is 0 Å². The monoisotopic (exact) mass is 418 g/mol. The van der Waals surface area contributed by atoms with Gasteiger partial charge in [-0.05, 0) is 50.1 Å². The smallest absolute Gasteiger partial charge is 0.308 e. The number of hydrogen-bond acceptors (Lipinski definition) is 4. The van der Waals surface area contributed by atoms with E-state index < -0.39 is 23.5 Å². The van der Waals surface area contributed by atoms with Crippen LogP contribution in [-0.4, -0.2) is 23.0 Å². The zero-order valence-electron chi connectivity index (χ0n) is 17.8. The standard InChI is InChI=1S/C25H26N2O4/c1-16(2)31-23(28)15-22(18-9-5-4-6-10-18)27-25(30)20-12-13-21(26-24(20)29)19-11-7-8-17(3)14-19/h4-14,16,22H,15H2,1-3H3,(H,26,29)(H,27,30). The van der Waals surface area contributed by atoms with Crippen molar-refractivity contribution >= 4 is 11.9 Å². The highest BCUT2D eigenvalue weighted by atomic mass is 16.5. The molecule has 31 heavy (non-hydrogen) atoms. The van der Waals surface area contributed by atoms with E-state index in [4.69, 9.17) is 4.74 Å². The fourth-order valence-corrected chi connectivity index (χ4v) is 3.28. The van der Waals surface area contributed by atoms with Gasteiger partial charge in [0, 0.05) is 5.69 Å². The van der Waals surface area contributed by atoms with Crippen molar-refractivity contribution in [1.29, 1.82) is 0 Å². The van der Waals surface area contributed by atoms with E-state index in [2.05, 4.69) is 10.3 Å². The van der Waals surface area contributed by atoms with Gasteiger partial charge in [-0.3, -0.25) is 14.4 Å². The molecular formula is C25H26N2O4. The molecule has 0 radical (unpaired) electrons. The number of benzene rings is 2. The average Bonchev–Trinajstić information content (AvgIpc) is 2.73. The maximum Gasteiger partial charge on any atom is 0.308 e. The molecule has 160 valence electrons. The van der Waals surface area contributed by atoms with Gasteiger partial charge < -0.3 is 15.0 Å². The Kier molecular flexibility index (Phi) is 7.03. The molecule has 0 saturated heterocycles. The lowest BCUT2D eigenvalue weighted by Gasteiger charge is -2.19. The third kappa shape index (κ3) is 5.92. The molecule has 0 aliphatic carbocycles. The maximum atomic E-state index is 12.9. The van der Waals surface area contributed by atoms with E-state index in [1.54, 1.807) is 19.9 Å². The van der Waals surface area contributed by atoms with Crippen LogP contribution < -0.4 is 10.9 Å². The third-order valence-corrected chi connectivity index (χ3v) is 4.73. The number of esters is 1. The summed E-state index contributed by atoms with van der Waals surface area (Å²) in [7, 11) is 0. The fraction of sp³-hybridized carbons (Fsp3) is 0.240. The predicted molar refractivity (Wildman–Crippen MR) is 120 cm³/mol. The number of H-pyrrole nitrogens is 1. The van der Waals surface area contributed by atoms with Gasteiger partial charge in [-0.25, -0.2) is 0 Å². The van der Waals surface area contributed by atoms with E-state index in [0.717, 1.165) is 16.7 Å². The number of ether oxygens (including phenoxy) is 1. The van der Waals surface area contributed by atoms with Crippen LogP contribution in [0.2, 0.25) is 0 Å². The van der Waals surface area contributed by atoms with Gasteiger partial charge in [-0.2, -0.15) is 0 Å². The van der Waals surface area contributed by atoms with Crippen molar-refractivity contribution in [1.82, 2.24) is 10.3 Å². The van der Waals surface area contributed by atoms with E-state index in [1.807, 2.05) is 61.5 Å². The molecule has 0 saturated carbocycles. The van der Waals surface area contributed by atoms with Crippen LogP contribution in [0.4, 0.5) is 0 Å². The molecule has 6 heteroatoms. The minimum Gasteiger partial charge on any atom is -0.463 e. The number of carbonyl (C=O) groups excluding carboxylic acids is 2. The molecule has 1 heterocycles. The maximum absolute atomic E-state index is 12.9. The summed E-state index contributed by atoms with van der Waals surface area (Å²) in [6.07, 6.45) is -0.288. The van der Waals surface area contributed by atoms with E-state index in [-0.39, 0.29) is 18.1 Å². The second-order valence-corrected chi connectivity index (χ2v) is 7.66. The number of amides is 1. The normalized spacial score (nSPS) is 11.7. The number of aryl methyl sites for hydroxylation is 1. The zero-order valence-corrected chi connectivity index (χ0v) is 17.8. The molecule has 1 amide bonds. The Morgan fingerprint density at radius 2 is 1.74 bits per heavy atom. The SMILES string of the molecule is Cc1cccc(-c2ccc(C(=O)NC(CC(=O)OC(C)C)c3ccccc3)c(=O)[nH]2)c1. The fourth-order valence-electron chi connectivity index (χ4n) is 3.28. The zero-order chi connectivity index (χ0) is 22.4. The van der Waals surface area contributed by atoms with Crippen LogP contribution in [-0.2, 0) is 9.53 Å². The van der Waals surface area contributed by atoms with Crippen molar-refractivity contribution < 1.29 is 14.3 Å². The highest BCUT2D eigenvalue weighted by Gasteiger charge is 2.22. The molecule has 2 aromatic carbocycles.